The Bertz CT molecular complexity index is 1950. The number of benzene rings is 1. The molecule has 3 atom stereocenters. The molecule has 2 aromatic rings. The van der Waals surface area contributed by atoms with E-state index in [9.17, 15) is 37.5 Å². The highest BCUT2D eigenvalue weighted by Gasteiger charge is 2.51. The fraction of sp³-hybridized carbons (Fsp3) is 0.622. The Labute approximate surface area is 320 Å². The van der Waals surface area contributed by atoms with E-state index in [4.69, 9.17) is 10.5 Å². The second-order valence-electron chi connectivity index (χ2n) is 15.8. The first-order valence-electron chi connectivity index (χ1n) is 18.9. The predicted octanol–water partition coefficient (Wildman–Crippen LogP) is 1.40. The summed E-state index contributed by atoms with van der Waals surface area (Å²) < 4.78 is 35.2. The molecule has 3 heterocycles. The van der Waals surface area contributed by atoms with Gasteiger partial charge in [-0.25, -0.2) is 22.8 Å². The Kier molecular flexibility index (Phi) is 11.7. The van der Waals surface area contributed by atoms with E-state index in [0.29, 0.717) is 5.69 Å². The Morgan fingerprint density at radius 3 is 2.38 bits per heavy atom. The molecule has 55 heavy (non-hydrogen) atoms. The number of aliphatic hydroxyl groups is 1. The molecule has 17 nitrogen and oxygen atoms in total. The molecule has 4 fully saturated rings. The van der Waals surface area contributed by atoms with E-state index >= 15 is 0 Å². The Morgan fingerprint density at radius 2 is 1.75 bits per heavy atom. The van der Waals surface area contributed by atoms with Crippen molar-refractivity contribution in [1.82, 2.24) is 29.5 Å². The molecule has 2 saturated carbocycles. The van der Waals surface area contributed by atoms with Crippen molar-refractivity contribution in [1.29, 1.82) is 0 Å². The molecule has 1 aromatic carbocycles. The molecule has 18 heteroatoms. The van der Waals surface area contributed by atoms with Crippen molar-refractivity contribution in [3.63, 3.8) is 0 Å². The summed E-state index contributed by atoms with van der Waals surface area (Å²) in [6.07, 6.45) is 7.70. The molecule has 2 aliphatic heterocycles. The molecule has 2 aliphatic carbocycles. The number of primary amides is 1. The predicted molar refractivity (Wildman–Crippen MR) is 197 cm³/mol. The molecular formula is C37H50N8O9S. The summed E-state index contributed by atoms with van der Waals surface area (Å²) in [7, 11) is -3.76. The highest BCUT2D eigenvalue weighted by molar-refractivity contribution is 7.89. The van der Waals surface area contributed by atoms with Crippen LogP contribution in [0.2, 0.25) is 0 Å². The van der Waals surface area contributed by atoms with Crippen LogP contribution in [-0.2, 0) is 39.5 Å². The summed E-state index contributed by atoms with van der Waals surface area (Å²) in [5, 5.41) is 19.1. The van der Waals surface area contributed by atoms with Crippen LogP contribution in [0.4, 0.5) is 0 Å². The van der Waals surface area contributed by atoms with Crippen LogP contribution < -0.4 is 10.5 Å². The van der Waals surface area contributed by atoms with Crippen molar-refractivity contribution >= 4 is 45.1 Å². The van der Waals surface area contributed by atoms with Crippen LogP contribution in [0.1, 0.15) is 107 Å². The van der Waals surface area contributed by atoms with Gasteiger partial charge in [0.15, 0.2) is 0 Å². The number of amides is 4. The number of carbonyl (C=O) groups is 5. The summed E-state index contributed by atoms with van der Waals surface area (Å²) in [6.45, 7) is 4.61. The summed E-state index contributed by atoms with van der Waals surface area (Å²) in [4.78, 5) is 75.9. The van der Waals surface area contributed by atoms with E-state index in [1.54, 1.807) is 13.8 Å². The van der Waals surface area contributed by atoms with Crippen LogP contribution in [0.15, 0.2) is 40.4 Å². The average Bonchev–Trinajstić information content (AvgIpc) is 3.66. The van der Waals surface area contributed by atoms with Gasteiger partial charge in [-0.2, -0.15) is 0 Å². The maximum Gasteiger partial charge on any atom is 0.287 e. The number of Topliss-reactive ketones (excluding diaryl/α,β-unsaturated/α-hetero) is 1. The smallest absolute Gasteiger partial charge is 0.287 e. The first kappa shape index (κ1) is 40.3. The molecule has 298 valence electrons. The summed E-state index contributed by atoms with van der Waals surface area (Å²) in [6, 6.07) is 3.40. The number of nitrogens with two attached hydrogens (primary N) is 1. The van der Waals surface area contributed by atoms with Gasteiger partial charge in [-0.05, 0) is 70.2 Å². The highest BCUT2D eigenvalue weighted by atomic mass is 32.2. The Morgan fingerprint density at radius 1 is 1.05 bits per heavy atom. The molecule has 0 radical (unpaired) electrons. The quantitative estimate of drug-likeness (QED) is 0.206. The number of carbonyl (C=O) groups excluding carboxylic acids is 5. The minimum absolute atomic E-state index is 0.00200. The molecule has 4 N–H and O–H groups in total. The third-order valence-electron chi connectivity index (χ3n) is 11.1. The molecular weight excluding hydrogens is 733 g/mol. The van der Waals surface area contributed by atoms with Gasteiger partial charge >= 0.3 is 0 Å². The fourth-order valence-electron chi connectivity index (χ4n) is 7.81. The lowest BCUT2D eigenvalue weighted by Crippen LogP contribution is -2.62. The van der Waals surface area contributed by atoms with Crippen molar-refractivity contribution < 1.29 is 42.2 Å². The monoisotopic (exact) mass is 782 g/mol. The number of aromatic nitrogens is 3. The lowest BCUT2D eigenvalue weighted by Gasteiger charge is -2.40. The molecule has 2 saturated heterocycles. The topological polar surface area (TPSA) is 237 Å². The summed E-state index contributed by atoms with van der Waals surface area (Å²) in [5.41, 5.74) is 2.80. The maximum absolute atomic E-state index is 14.9. The van der Waals surface area contributed by atoms with Gasteiger partial charge in [0.05, 0.1) is 29.4 Å². The van der Waals surface area contributed by atoms with E-state index < -0.39 is 62.7 Å². The number of nitrogens with one attached hydrogen (secondary N) is 1. The summed E-state index contributed by atoms with van der Waals surface area (Å²) in [5.74, 6) is -4.15. The average molecular weight is 783 g/mol. The number of ether oxygens (including phenoxy) is 1. The lowest BCUT2D eigenvalue weighted by atomic mass is 9.85. The first-order chi connectivity index (χ1) is 26.0. The molecule has 1 aromatic heterocycles. The van der Waals surface area contributed by atoms with Crippen molar-refractivity contribution in [3.05, 3.63) is 41.7 Å². The van der Waals surface area contributed by atoms with Crippen LogP contribution in [0.3, 0.4) is 0 Å². The van der Waals surface area contributed by atoms with Crippen LogP contribution in [0, 0.1) is 5.92 Å². The van der Waals surface area contributed by atoms with Gasteiger partial charge in [0.1, 0.15) is 22.9 Å². The van der Waals surface area contributed by atoms with Crippen molar-refractivity contribution in [2.24, 2.45) is 16.6 Å². The van der Waals surface area contributed by atoms with Crippen molar-refractivity contribution in [2.75, 3.05) is 26.3 Å². The zero-order chi connectivity index (χ0) is 39.7. The van der Waals surface area contributed by atoms with Gasteiger partial charge in [-0.3, -0.25) is 24.0 Å². The second-order valence-corrected chi connectivity index (χ2v) is 17.5. The number of aliphatic imine (C=N–C) groups is 1. The van der Waals surface area contributed by atoms with Crippen LogP contribution in [-0.4, -0.2) is 117 Å². The second kappa shape index (κ2) is 16.0. The van der Waals surface area contributed by atoms with E-state index in [1.165, 1.54) is 51.9 Å². The Balaban J connectivity index is 1.37. The van der Waals surface area contributed by atoms with Gasteiger partial charge in [-0.15, -0.1) is 5.10 Å². The number of likely N-dealkylation sites (tertiary alicyclic amines) is 1. The lowest BCUT2D eigenvalue weighted by molar-refractivity contribution is -0.153. The van der Waals surface area contributed by atoms with Crippen molar-refractivity contribution in [3.8, 4) is 0 Å². The number of sulfonamides is 1. The van der Waals surface area contributed by atoms with E-state index in [2.05, 4.69) is 20.0 Å². The molecule has 6 rings (SSSR count). The molecule has 1 unspecified atom stereocenters. The van der Waals surface area contributed by atoms with E-state index in [-0.39, 0.29) is 73.7 Å². The van der Waals surface area contributed by atoms with Crippen LogP contribution >= 0.6 is 0 Å². The summed E-state index contributed by atoms with van der Waals surface area (Å²) >= 11 is 0. The van der Waals surface area contributed by atoms with Gasteiger partial charge < -0.3 is 25.4 Å². The minimum atomic E-state index is -3.76. The standard InChI is InChI=1S/C37H50N8O9S/c1-36(2,51)30-21-39-42-45(30)26-20-29(35(50)44-16-18-54-17-15-37(44,3)31(46)32(38)47)43(22-26)34(49)28(19-23-7-5-4-6-8-23)40-33(48)24-9-13-27(14-10-24)55(52,53)41-25-11-12-25/h9-10,13-14,21,23,25-26,29,41,51H,4-8,11-12,15-20,22H2,1-3H3,(H2,38,47)/t26-,29-,37?/m0/s1. The fourth-order valence-corrected chi connectivity index (χ4v) is 9.12. The highest BCUT2D eigenvalue weighted by Crippen LogP contribution is 2.36. The van der Waals surface area contributed by atoms with Crippen LogP contribution in [0.5, 0.6) is 0 Å². The molecule has 4 amide bonds. The number of hydrogen-bond acceptors (Lipinski definition) is 11. The number of nitrogens with zero attached hydrogens (tertiary/aromatic N) is 6. The number of ketones is 1. The largest absolute Gasteiger partial charge is 0.384 e. The van der Waals surface area contributed by atoms with Gasteiger partial charge in [-0.1, -0.05) is 37.3 Å². The van der Waals surface area contributed by atoms with Crippen LogP contribution in [0.25, 0.3) is 0 Å². The maximum atomic E-state index is 14.9. The first-order valence-corrected chi connectivity index (χ1v) is 20.4. The minimum Gasteiger partial charge on any atom is -0.384 e. The normalized spacial score (nSPS) is 24.4. The van der Waals surface area contributed by atoms with E-state index in [0.717, 1.165) is 44.9 Å². The SMILES string of the molecule is CC(C)(O)c1cnnn1[C@H]1C[C@@H](C(=O)N2CCOCCC2(C)C(=O)C(N)=O)N(C(=O)C(CC2CCCCC2)=NC(=O)c2ccc(S(=O)(=O)NC3CC3)cc2)C1. The van der Waals surface area contributed by atoms with Gasteiger partial charge in [0, 0.05) is 44.1 Å². The van der Waals surface area contributed by atoms with E-state index in [1.807, 2.05) is 0 Å². The molecule has 4 aliphatic rings. The third-order valence-corrected chi connectivity index (χ3v) is 12.7. The third kappa shape index (κ3) is 8.87. The molecule has 0 bridgehead atoms. The molecule has 0 spiro atoms. The van der Waals surface area contributed by atoms with Gasteiger partial charge in [0.25, 0.3) is 17.7 Å². The zero-order valence-corrected chi connectivity index (χ0v) is 32.3. The van der Waals surface area contributed by atoms with Crippen molar-refractivity contribution in [2.45, 2.75) is 119 Å². The zero-order valence-electron chi connectivity index (χ0n) is 31.5. The van der Waals surface area contributed by atoms with Gasteiger partial charge in [0.2, 0.25) is 21.7 Å². The number of rotatable bonds is 12. The Hall–Kier alpha value is -4.39. The number of hydrogen-bond donors (Lipinski definition) is 3.